The van der Waals surface area contributed by atoms with Crippen LogP contribution < -0.4 is 11.1 Å². The summed E-state index contributed by atoms with van der Waals surface area (Å²) < 4.78 is 6.73. The van der Waals surface area contributed by atoms with E-state index < -0.39 is 24.4 Å². The average Bonchev–Trinajstić information content (AvgIpc) is 3.22. The topological polar surface area (TPSA) is 116 Å². The Kier molecular flexibility index (Phi) is 6.81. The number of rotatable bonds is 8. The Morgan fingerprint density at radius 3 is 2.35 bits per heavy atom. The summed E-state index contributed by atoms with van der Waals surface area (Å²) in [7, 11) is 0. The molecule has 0 aliphatic rings. The van der Waals surface area contributed by atoms with Crippen LogP contribution in [-0.4, -0.2) is 40.7 Å². The quantitative estimate of drug-likeness (QED) is 0.543. The van der Waals surface area contributed by atoms with Crippen molar-refractivity contribution < 1.29 is 19.1 Å². The summed E-state index contributed by atoms with van der Waals surface area (Å²) in [5.41, 5.74) is 8.36. The molecule has 3 N–H and O–H groups in total. The Labute approximate surface area is 180 Å². The molecule has 0 bridgehead atoms. The van der Waals surface area contributed by atoms with Crippen LogP contribution >= 0.6 is 0 Å². The fourth-order valence-electron chi connectivity index (χ4n) is 2.92. The number of nitrogens with two attached hydrogens (primary N) is 1. The van der Waals surface area contributed by atoms with Crippen LogP contribution in [0.15, 0.2) is 60.8 Å². The number of aromatic nitrogens is 2. The molecule has 1 heterocycles. The third-order valence-electron chi connectivity index (χ3n) is 4.60. The molecule has 0 fully saturated rings. The van der Waals surface area contributed by atoms with Gasteiger partial charge in [0.05, 0.1) is 12.2 Å². The molecule has 8 nitrogen and oxygen atoms in total. The highest BCUT2D eigenvalue weighted by molar-refractivity contribution is 5.97. The second-order valence-electron chi connectivity index (χ2n) is 7.27. The molecule has 8 heteroatoms. The minimum absolute atomic E-state index is 0.226. The van der Waals surface area contributed by atoms with Crippen molar-refractivity contribution >= 4 is 17.8 Å². The number of carbonyl (C=O) groups excluding carboxylic acids is 3. The fraction of sp³-hybridized carbons (Fsp3) is 0.217. The number of para-hydroxylation sites is 1. The van der Waals surface area contributed by atoms with E-state index in [1.54, 1.807) is 10.9 Å². The summed E-state index contributed by atoms with van der Waals surface area (Å²) in [6.45, 7) is 3.35. The van der Waals surface area contributed by atoms with Gasteiger partial charge in [-0.1, -0.05) is 56.3 Å². The first-order valence-electron chi connectivity index (χ1n) is 9.82. The Morgan fingerprint density at radius 2 is 1.74 bits per heavy atom. The minimum atomic E-state index is -0.695. The molecule has 0 saturated heterocycles. The van der Waals surface area contributed by atoms with Crippen molar-refractivity contribution in [2.24, 2.45) is 5.73 Å². The van der Waals surface area contributed by atoms with Gasteiger partial charge in [0.25, 0.3) is 5.91 Å². The van der Waals surface area contributed by atoms with Crippen molar-refractivity contribution in [1.29, 1.82) is 0 Å². The molecule has 0 aliphatic carbocycles. The first-order chi connectivity index (χ1) is 14.8. The second-order valence-corrected chi connectivity index (χ2v) is 7.27. The fourth-order valence-corrected chi connectivity index (χ4v) is 2.92. The van der Waals surface area contributed by atoms with E-state index >= 15 is 0 Å². The lowest BCUT2D eigenvalue weighted by Crippen LogP contribution is -2.36. The number of primary amides is 1. The zero-order chi connectivity index (χ0) is 22.4. The van der Waals surface area contributed by atoms with Gasteiger partial charge in [0.15, 0.2) is 6.61 Å². The summed E-state index contributed by atoms with van der Waals surface area (Å²) in [5, 5.41) is 6.86. The molecule has 0 unspecified atom stereocenters. The van der Waals surface area contributed by atoms with Gasteiger partial charge in [0.2, 0.25) is 5.91 Å². The maximum absolute atomic E-state index is 12.8. The lowest BCUT2D eigenvalue weighted by molar-refractivity contribution is -0.127. The Hall–Kier alpha value is -3.94. The number of hydrogen-bond acceptors (Lipinski definition) is 5. The number of nitrogens with zero attached hydrogens (tertiary/aromatic N) is 2. The van der Waals surface area contributed by atoms with Crippen LogP contribution in [0.3, 0.4) is 0 Å². The van der Waals surface area contributed by atoms with Gasteiger partial charge < -0.3 is 15.8 Å². The van der Waals surface area contributed by atoms with Gasteiger partial charge in [-0.2, -0.15) is 5.10 Å². The molecular weight excluding hydrogens is 396 g/mol. The molecule has 2 aromatic carbocycles. The van der Waals surface area contributed by atoms with Crippen molar-refractivity contribution in [3.05, 3.63) is 71.9 Å². The van der Waals surface area contributed by atoms with Crippen LogP contribution in [0.5, 0.6) is 0 Å². The highest BCUT2D eigenvalue weighted by Crippen LogP contribution is 2.26. The summed E-state index contributed by atoms with van der Waals surface area (Å²) in [4.78, 5) is 35.3. The highest BCUT2D eigenvalue weighted by Gasteiger charge is 2.21. The van der Waals surface area contributed by atoms with Gasteiger partial charge in [0.1, 0.15) is 11.3 Å². The molecule has 0 radical (unpaired) electrons. The van der Waals surface area contributed by atoms with E-state index in [0.29, 0.717) is 11.6 Å². The first kappa shape index (κ1) is 21.8. The van der Waals surface area contributed by atoms with Crippen molar-refractivity contribution in [3.63, 3.8) is 0 Å². The molecule has 31 heavy (non-hydrogen) atoms. The van der Waals surface area contributed by atoms with Crippen molar-refractivity contribution in [2.45, 2.75) is 19.8 Å². The maximum Gasteiger partial charge on any atom is 0.342 e. The van der Waals surface area contributed by atoms with E-state index in [9.17, 15) is 14.4 Å². The van der Waals surface area contributed by atoms with Crippen molar-refractivity contribution in [2.75, 3.05) is 13.2 Å². The van der Waals surface area contributed by atoms with E-state index in [0.717, 1.165) is 11.3 Å². The third-order valence-corrected chi connectivity index (χ3v) is 4.60. The van der Waals surface area contributed by atoms with Crippen molar-refractivity contribution in [1.82, 2.24) is 15.1 Å². The van der Waals surface area contributed by atoms with Gasteiger partial charge in [-0.3, -0.25) is 9.59 Å². The van der Waals surface area contributed by atoms with Gasteiger partial charge in [-0.05, 0) is 23.6 Å². The molecule has 3 rings (SSSR count). The van der Waals surface area contributed by atoms with Gasteiger partial charge in [-0.15, -0.1) is 0 Å². The van der Waals surface area contributed by atoms with Crippen LogP contribution in [0, 0.1) is 0 Å². The van der Waals surface area contributed by atoms with Gasteiger partial charge >= 0.3 is 5.97 Å². The van der Waals surface area contributed by atoms with Gasteiger partial charge in [-0.25, -0.2) is 9.48 Å². The number of nitrogens with one attached hydrogen (secondary N) is 1. The van der Waals surface area contributed by atoms with E-state index in [4.69, 9.17) is 10.5 Å². The average molecular weight is 420 g/mol. The third kappa shape index (κ3) is 5.57. The molecule has 0 spiro atoms. The Bertz CT molecular complexity index is 1070. The van der Waals surface area contributed by atoms with Crippen molar-refractivity contribution in [3.8, 4) is 16.9 Å². The number of carbonyl (C=O) groups is 3. The van der Waals surface area contributed by atoms with E-state index in [1.807, 2.05) is 54.6 Å². The Balaban J connectivity index is 1.88. The van der Waals surface area contributed by atoms with Crippen LogP contribution in [0.2, 0.25) is 0 Å². The largest absolute Gasteiger partial charge is 0.452 e. The number of benzene rings is 2. The lowest BCUT2D eigenvalue weighted by atomic mass is 10.00. The smallest absolute Gasteiger partial charge is 0.342 e. The minimum Gasteiger partial charge on any atom is -0.452 e. The number of esters is 1. The van der Waals surface area contributed by atoms with Gasteiger partial charge in [0, 0.05) is 11.8 Å². The normalized spacial score (nSPS) is 10.7. The molecular formula is C23H24N4O4. The predicted octanol–water partition coefficient (Wildman–Crippen LogP) is 2.42. The van der Waals surface area contributed by atoms with E-state index in [-0.39, 0.29) is 12.1 Å². The number of hydrogen-bond donors (Lipinski definition) is 2. The summed E-state index contributed by atoms with van der Waals surface area (Å²) in [6.07, 6.45) is 1.57. The molecule has 1 aromatic heterocycles. The zero-order valence-corrected chi connectivity index (χ0v) is 17.4. The molecule has 0 aliphatic heterocycles. The first-order valence-corrected chi connectivity index (χ1v) is 9.82. The van der Waals surface area contributed by atoms with Crippen LogP contribution in [0.1, 0.15) is 35.7 Å². The summed E-state index contributed by atoms with van der Waals surface area (Å²) >= 11 is 0. The maximum atomic E-state index is 12.8. The number of amides is 2. The van der Waals surface area contributed by atoms with Crippen LogP contribution in [-0.2, 0) is 14.3 Å². The lowest BCUT2D eigenvalue weighted by Gasteiger charge is -2.07. The predicted molar refractivity (Wildman–Crippen MR) is 116 cm³/mol. The van der Waals surface area contributed by atoms with Crippen LogP contribution in [0.4, 0.5) is 0 Å². The summed E-state index contributed by atoms with van der Waals surface area (Å²) in [5.74, 6) is -1.62. The van der Waals surface area contributed by atoms with E-state index in [1.165, 1.54) is 5.56 Å². The molecule has 3 aromatic rings. The summed E-state index contributed by atoms with van der Waals surface area (Å²) in [6, 6.07) is 17.2. The zero-order valence-electron chi connectivity index (χ0n) is 17.4. The number of ether oxygens (including phenoxy) is 1. The second kappa shape index (κ2) is 9.71. The highest BCUT2D eigenvalue weighted by atomic mass is 16.5. The monoisotopic (exact) mass is 420 g/mol. The molecule has 0 saturated carbocycles. The standard InChI is InChI=1S/C23H24N4O4/c1-15(2)16-8-10-17(11-9-16)22-19(13-27(26-22)18-6-4-3-5-7-18)23(30)31-14-21(29)25-12-20(24)28/h3-11,13,15H,12,14H2,1-2H3,(H2,24,28)(H,25,29). The SMILES string of the molecule is CC(C)c1ccc(-c2nn(-c3ccccc3)cc2C(=O)OCC(=O)NCC(N)=O)cc1. The molecule has 2 amide bonds. The van der Waals surface area contributed by atoms with Crippen LogP contribution in [0.25, 0.3) is 16.9 Å². The Morgan fingerprint density at radius 1 is 1.06 bits per heavy atom. The van der Waals surface area contributed by atoms with E-state index in [2.05, 4.69) is 24.3 Å². The molecule has 160 valence electrons. The molecule has 0 atom stereocenters.